The Morgan fingerprint density at radius 2 is 2.08 bits per heavy atom. The second kappa shape index (κ2) is 8.87. The van der Waals surface area contributed by atoms with Crippen molar-refractivity contribution in [3.8, 4) is 5.75 Å². The Bertz CT molecular complexity index is 801. The van der Waals surface area contributed by atoms with Gasteiger partial charge in [-0.2, -0.15) is 0 Å². The lowest BCUT2D eigenvalue weighted by Gasteiger charge is -2.12. The molecule has 25 heavy (non-hydrogen) atoms. The molecule has 1 aromatic heterocycles. The summed E-state index contributed by atoms with van der Waals surface area (Å²) in [6.07, 6.45) is 1.55. The van der Waals surface area contributed by atoms with Gasteiger partial charge in [-0.05, 0) is 45.1 Å². The lowest BCUT2D eigenvalue weighted by atomic mass is 10.1. The van der Waals surface area contributed by atoms with Gasteiger partial charge in [0.1, 0.15) is 11.3 Å². The minimum absolute atomic E-state index is 0.148. The van der Waals surface area contributed by atoms with Crippen molar-refractivity contribution in [1.29, 1.82) is 0 Å². The quantitative estimate of drug-likeness (QED) is 0.574. The van der Waals surface area contributed by atoms with Crippen LogP contribution in [0.25, 0.3) is 11.0 Å². The van der Waals surface area contributed by atoms with E-state index in [-0.39, 0.29) is 12.5 Å². The van der Waals surface area contributed by atoms with E-state index in [1.807, 2.05) is 21.0 Å². The maximum Gasteiger partial charge on any atom is 0.336 e. The van der Waals surface area contributed by atoms with Gasteiger partial charge in [0.05, 0.1) is 5.02 Å². The first-order chi connectivity index (χ1) is 11.9. The fraction of sp³-hybridized carbons (Fsp3) is 0.444. The number of ether oxygens (including phenoxy) is 1. The number of rotatable bonds is 8. The molecule has 2 aromatic rings. The van der Waals surface area contributed by atoms with Crippen LogP contribution in [-0.4, -0.2) is 44.6 Å². The van der Waals surface area contributed by atoms with Crippen molar-refractivity contribution in [3.63, 3.8) is 0 Å². The number of halogens is 1. The van der Waals surface area contributed by atoms with Gasteiger partial charge in [-0.1, -0.05) is 18.5 Å². The number of nitrogens with zero attached hydrogens (tertiary/aromatic N) is 1. The highest BCUT2D eigenvalue weighted by Crippen LogP contribution is 2.31. The standard InChI is InChI=1S/C18H23ClN2O4/c1-4-12-8-18(23)25-15-10-16(14(19)9-13(12)15)24-11-17(22)20-6-5-7-21(2)3/h8-10H,4-7,11H2,1-3H3,(H,20,22). The molecule has 0 aliphatic rings. The average Bonchev–Trinajstić information content (AvgIpc) is 2.56. The highest BCUT2D eigenvalue weighted by Gasteiger charge is 2.11. The first-order valence-electron chi connectivity index (χ1n) is 8.21. The van der Waals surface area contributed by atoms with Crippen LogP contribution in [0.1, 0.15) is 18.9 Å². The van der Waals surface area contributed by atoms with Crippen LogP contribution < -0.4 is 15.7 Å². The molecule has 0 unspecified atom stereocenters. The Morgan fingerprint density at radius 3 is 2.76 bits per heavy atom. The Labute approximate surface area is 151 Å². The van der Waals surface area contributed by atoms with Gasteiger partial charge in [-0.3, -0.25) is 4.79 Å². The van der Waals surface area contributed by atoms with Crippen LogP contribution in [0, 0.1) is 0 Å². The molecule has 1 heterocycles. The summed E-state index contributed by atoms with van der Waals surface area (Å²) in [7, 11) is 3.96. The summed E-state index contributed by atoms with van der Waals surface area (Å²) >= 11 is 6.24. The van der Waals surface area contributed by atoms with Gasteiger partial charge in [0, 0.05) is 24.1 Å². The van der Waals surface area contributed by atoms with Gasteiger partial charge in [-0.25, -0.2) is 4.79 Å². The molecular formula is C18H23ClN2O4. The van der Waals surface area contributed by atoms with Gasteiger partial charge in [0.15, 0.2) is 6.61 Å². The molecule has 0 saturated carbocycles. The number of nitrogens with one attached hydrogen (secondary N) is 1. The van der Waals surface area contributed by atoms with Crippen LogP contribution in [-0.2, 0) is 11.2 Å². The van der Waals surface area contributed by atoms with E-state index in [1.165, 1.54) is 6.07 Å². The molecule has 0 atom stereocenters. The second-order valence-corrected chi connectivity index (χ2v) is 6.43. The summed E-state index contributed by atoms with van der Waals surface area (Å²) < 4.78 is 10.7. The van der Waals surface area contributed by atoms with Gasteiger partial charge >= 0.3 is 5.63 Å². The number of carbonyl (C=O) groups excluding carboxylic acids is 1. The van der Waals surface area contributed by atoms with E-state index in [9.17, 15) is 9.59 Å². The van der Waals surface area contributed by atoms with E-state index in [0.29, 0.717) is 29.3 Å². The molecule has 0 radical (unpaired) electrons. The van der Waals surface area contributed by atoms with Crippen molar-refractivity contribution in [2.45, 2.75) is 19.8 Å². The molecule has 0 saturated heterocycles. The van der Waals surface area contributed by atoms with Gasteiger partial charge in [-0.15, -0.1) is 0 Å². The summed E-state index contributed by atoms with van der Waals surface area (Å²) in [5, 5.41) is 3.93. The number of benzene rings is 1. The van der Waals surface area contributed by atoms with E-state index in [1.54, 1.807) is 12.1 Å². The van der Waals surface area contributed by atoms with Crippen LogP contribution in [0.5, 0.6) is 5.75 Å². The van der Waals surface area contributed by atoms with Gasteiger partial charge < -0.3 is 19.4 Å². The number of aryl methyl sites for hydroxylation is 1. The van der Waals surface area contributed by atoms with Gasteiger partial charge in [0.25, 0.3) is 5.91 Å². The summed E-state index contributed by atoms with van der Waals surface area (Å²) in [4.78, 5) is 25.5. The Kier molecular flexibility index (Phi) is 6.84. The van der Waals surface area contributed by atoms with Crippen LogP contribution in [0.15, 0.2) is 27.4 Å². The first kappa shape index (κ1) is 19.3. The second-order valence-electron chi connectivity index (χ2n) is 6.02. The fourth-order valence-corrected chi connectivity index (χ4v) is 2.67. The van der Waals surface area contributed by atoms with Gasteiger partial charge in [0.2, 0.25) is 0 Å². The zero-order valence-corrected chi connectivity index (χ0v) is 15.5. The van der Waals surface area contributed by atoms with Crippen LogP contribution in [0.3, 0.4) is 0 Å². The van der Waals surface area contributed by atoms with E-state index < -0.39 is 5.63 Å². The van der Waals surface area contributed by atoms with E-state index >= 15 is 0 Å². The zero-order chi connectivity index (χ0) is 18.4. The Balaban J connectivity index is 2.02. The van der Waals surface area contributed by atoms with E-state index in [4.69, 9.17) is 20.8 Å². The van der Waals surface area contributed by atoms with Crippen molar-refractivity contribution in [2.24, 2.45) is 0 Å². The number of fused-ring (bicyclic) bond motifs is 1. The molecule has 0 spiro atoms. The molecular weight excluding hydrogens is 344 g/mol. The largest absolute Gasteiger partial charge is 0.482 e. The fourth-order valence-electron chi connectivity index (χ4n) is 2.45. The molecule has 6 nitrogen and oxygen atoms in total. The Hall–Kier alpha value is -2.05. The number of hydrogen-bond acceptors (Lipinski definition) is 5. The predicted molar refractivity (Wildman–Crippen MR) is 98.5 cm³/mol. The first-order valence-corrected chi connectivity index (χ1v) is 8.59. The summed E-state index contributed by atoms with van der Waals surface area (Å²) in [6.45, 7) is 3.29. The monoisotopic (exact) mass is 366 g/mol. The molecule has 0 fully saturated rings. The lowest BCUT2D eigenvalue weighted by Crippen LogP contribution is -2.31. The molecule has 1 amide bonds. The summed E-state index contributed by atoms with van der Waals surface area (Å²) in [5.74, 6) is 0.0905. The van der Waals surface area contributed by atoms with Crippen LogP contribution >= 0.6 is 11.6 Å². The molecule has 1 N–H and O–H groups in total. The van der Waals surface area contributed by atoms with Crippen molar-refractivity contribution in [1.82, 2.24) is 10.2 Å². The minimum atomic E-state index is -0.420. The SMILES string of the molecule is CCc1cc(=O)oc2cc(OCC(=O)NCCCN(C)C)c(Cl)cc12. The van der Waals surface area contributed by atoms with Crippen molar-refractivity contribution in [3.05, 3.63) is 39.2 Å². The molecule has 1 aromatic carbocycles. The number of hydrogen-bond donors (Lipinski definition) is 1. The summed E-state index contributed by atoms with van der Waals surface area (Å²) in [5.41, 5.74) is 0.838. The zero-order valence-electron chi connectivity index (χ0n) is 14.7. The third kappa shape index (κ3) is 5.47. The lowest BCUT2D eigenvalue weighted by molar-refractivity contribution is -0.123. The maximum absolute atomic E-state index is 11.8. The van der Waals surface area contributed by atoms with E-state index in [0.717, 1.165) is 23.9 Å². The predicted octanol–water partition coefficient (Wildman–Crippen LogP) is 2.46. The molecule has 0 aliphatic carbocycles. The molecule has 7 heteroatoms. The molecule has 0 aliphatic heterocycles. The number of carbonyl (C=O) groups is 1. The highest BCUT2D eigenvalue weighted by atomic mass is 35.5. The number of amides is 1. The minimum Gasteiger partial charge on any atom is -0.482 e. The molecule has 0 bridgehead atoms. The summed E-state index contributed by atoms with van der Waals surface area (Å²) in [6, 6.07) is 4.71. The average molecular weight is 367 g/mol. The third-order valence-electron chi connectivity index (χ3n) is 3.73. The highest BCUT2D eigenvalue weighted by molar-refractivity contribution is 6.32. The van der Waals surface area contributed by atoms with Crippen LogP contribution in [0.4, 0.5) is 0 Å². The van der Waals surface area contributed by atoms with Crippen molar-refractivity contribution < 1.29 is 13.9 Å². The van der Waals surface area contributed by atoms with E-state index in [2.05, 4.69) is 10.2 Å². The van der Waals surface area contributed by atoms with Crippen molar-refractivity contribution in [2.75, 3.05) is 33.8 Å². The maximum atomic E-state index is 11.8. The van der Waals surface area contributed by atoms with Crippen molar-refractivity contribution >= 4 is 28.5 Å². The third-order valence-corrected chi connectivity index (χ3v) is 4.02. The normalized spacial score (nSPS) is 11.1. The smallest absolute Gasteiger partial charge is 0.336 e. The molecule has 2 rings (SSSR count). The van der Waals surface area contributed by atoms with Crippen LogP contribution in [0.2, 0.25) is 5.02 Å². The Morgan fingerprint density at radius 1 is 1.32 bits per heavy atom. The molecule has 136 valence electrons. The topological polar surface area (TPSA) is 71.8 Å².